The van der Waals surface area contributed by atoms with E-state index < -0.39 is 0 Å². The summed E-state index contributed by atoms with van der Waals surface area (Å²) >= 11 is 0. The Bertz CT molecular complexity index is 3400. The van der Waals surface area contributed by atoms with Gasteiger partial charge in [-0.15, -0.1) is 0 Å². The third kappa shape index (κ3) is 5.01. The Morgan fingerprint density at radius 2 is 1.00 bits per heavy atom. The second kappa shape index (κ2) is 12.7. The molecule has 12 rings (SSSR count). The second-order valence-corrected chi connectivity index (χ2v) is 16.0. The van der Waals surface area contributed by atoms with E-state index in [0.717, 1.165) is 55.4 Å². The molecule has 3 aromatic heterocycles. The van der Waals surface area contributed by atoms with Crippen molar-refractivity contribution in [3.05, 3.63) is 193 Å². The number of aromatic nitrogens is 4. The summed E-state index contributed by atoms with van der Waals surface area (Å²) in [6.07, 6.45) is 0. The van der Waals surface area contributed by atoms with Gasteiger partial charge < -0.3 is 8.98 Å². The molecule has 0 atom stereocenters. The van der Waals surface area contributed by atoms with Crippen molar-refractivity contribution in [1.82, 2.24) is 19.5 Å². The van der Waals surface area contributed by atoms with Crippen LogP contribution in [0.15, 0.2) is 186 Å². The van der Waals surface area contributed by atoms with Crippen LogP contribution in [-0.4, -0.2) is 19.5 Å². The van der Waals surface area contributed by atoms with Gasteiger partial charge in [0.05, 0.1) is 16.6 Å². The summed E-state index contributed by atoms with van der Waals surface area (Å²) in [6, 6.07) is 64.0. The Morgan fingerprint density at radius 3 is 1.69 bits per heavy atom. The van der Waals surface area contributed by atoms with Crippen LogP contribution in [-0.2, 0) is 5.41 Å². The molecule has 0 saturated carbocycles. The van der Waals surface area contributed by atoms with Gasteiger partial charge in [0.25, 0.3) is 0 Å². The van der Waals surface area contributed by atoms with E-state index in [1.165, 1.54) is 44.1 Å². The number of para-hydroxylation sites is 3. The van der Waals surface area contributed by atoms with E-state index in [1.54, 1.807) is 0 Å². The molecule has 0 N–H and O–H groups in total. The van der Waals surface area contributed by atoms with Crippen LogP contribution in [0.2, 0.25) is 0 Å². The third-order valence-electron chi connectivity index (χ3n) is 12.2. The van der Waals surface area contributed by atoms with Crippen LogP contribution in [0.1, 0.15) is 25.0 Å². The zero-order chi connectivity index (χ0) is 39.2. The topological polar surface area (TPSA) is 56.7 Å². The largest absolute Gasteiger partial charge is 0.455 e. The molecule has 0 spiro atoms. The van der Waals surface area contributed by atoms with Crippen LogP contribution >= 0.6 is 0 Å². The first-order valence-corrected chi connectivity index (χ1v) is 20.1. The number of hydrogen-bond acceptors (Lipinski definition) is 4. The van der Waals surface area contributed by atoms with E-state index in [0.29, 0.717) is 17.5 Å². The van der Waals surface area contributed by atoms with E-state index in [4.69, 9.17) is 19.4 Å². The molecule has 0 radical (unpaired) electrons. The quantitative estimate of drug-likeness (QED) is 0.175. The maximum atomic E-state index is 7.01. The monoisotopic (exact) mass is 756 g/mol. The fraction of sp³-hybridized carbons (Fsp3) is 0.0556. The van der Waals surface area contributed by atoms with E-state index in [2.05, 4.69) is 134 Å². The van der Waals surface area contributed by atoms with Gasteiger partial charge in [-0.25, -0.2) is 15.0 Å². The Morgan fingerprint density at radius 1 is 0.424 bits per heavy atom. The highest BCUT2D eigenvalue weighted by atomic mass is 16.3. The molecule has 59 heavy (non-hydrogen) atoms. The zero-order valence-corrected chi connectivity index (χ0v) is 32.5. The summed E-state index contributed by atoms with van der Waals surface area (Å²) < 4.78 is 9.48. The number of nitrogens with zero attached hydrogens (tertiary/aromatic N) is 4. The zero-order valence-electron chi connectivity index (χ0n) is 32.5. The smallest absolute Gasteiger partial charge is 0.167 e. The molecule has 1 aliphatic carbocycles. The SMILES string of the molecule is CC1(C)c2ccccc2-c2ccc3c4cc(-c5cccc6c5oc5c(-c7nc(-c8ccccc8)nc(-c8ccccc8)n7)cccc56)ccc4n(-c4ccccc4)c3c21. The van der Waals surface area contributed by atoms with Crippen molar-refractivity contribution in [3.63, 3.8) is 0 Å². The van der Waals surface area contributed by atoms with Crippen molar-refractivity contribution in [2.45, 2.75) is 19.3 Å². The van der Waals surface area contributed by atoms with Crippen LogP contribution in [0, 0.1) is 0 Å². The first-order valence-electron chi connectivity index (χ1n) is 20.1. The molecule has 0 fully saturated rings. The predicted molar refractivity (Wildman–Crippen MR) is 241 cm³/mol. The van der Waals surface area contributed by atoms with Gasteiger partial charge in [0.15, 0.2) is 17.5 Å². The van der Waals surface area contributed by atoms with Gasteiger partial charge in [0, 0.05) is 49.3 Å². The summed E-state index contributed by atoms with van der Waals surface area (Å²) in [7, 11) is 0. The number of benzene rings is 8. The normalized spacial score (nSPS) is 13.1. The van der Waals surface area contributed by atoms with Crippen molar-refractivity contribution in [3.8, 4) is 62.1 Å². The summed E-state index contributed by atoms with van der Waals surface area (Å²) in [5, 5.41) is 4.50. The third-order valence-corrected chi connectivity index (χ3v) is 12.2. The predicted octanol–water partition coefficient (Wildman–Crippen LogP) is 13.8. The molecule has 0 amide bonds. The Kier molecular flexibility index (Phi) is 7.20. The van der Waals surface area contributed by atoms with Crippen molar-refractivity contribution in [2.75, 3.05) is 0 Å². The molecule has 0 saturated heterocycles. The van der Waals surface area contributed by atoms with Gasteiger partial charge in [0.1, 0.15) is 11.2 Å². The molecule has 3 heterocycles. The number of furan rings is 1. The van der Waals surface area contributed by atoms with Crippen molar-refractivity contribution < 1.29 is 4.42 Å². The lowest BCUT2D eigenvalue weighted by Crippen LogP contribution is -2.16. The van der Waals surface area contributed by atoms with Gasteiger partial charge >= 0.3 is 0 Å². The summed E-state index contributed by atoms with van der Waals surface area (Å²) in [5.41, 5.74) is 15.2. The Labute approximate surface area is 340 Å². The highest BCUT2D eigenvalue weighted by Crippen LogP contribution is 2.53. The number of hydrogen-bond donors (Lipinski definition) is 0. The molecule has 0 aliphatic heterocycles. The first-order chi connectivity index (χ1) is 29.0. The summed E-state index contributed by atoms with van der Waals surface area (Å²) in [6.45, 7) is 4.74. The van der Waals surface area contributed by atoms with Crippen LogP contribution in [0.4, 0.5) is 0 Å². The molecule has 11 aromatic rings. The maximum Gasteiger partial charge on any atom is 0.167 e. The van der Waals surface area contributed by atoms with Crippen molar-refractivity contribution >= 4 is 43.7 Å². The number of rotatable bonds is 5. The van der Waals surface area contributed by atoms with Gasteiger partial charge in [-0.1, -0.05) is 166 Å². The first kappa shape index (κ1) is 33.5. The van der Waals surface area contributed by atoms with Crippen LogP contribution in [0.5, 0.6) is 0 Å². The van der Waals surface area contributed by atoms with E-state index in [-0.39, 0.29) is 5.41 Å². The molecule has 5 nitrogen and oxygen atoms in total. The van der Waals surface area contributed by atoms with E-state index >= 15 is 0 Å². The molecule has 5 heteroatoms. The lowest BCUT2D eigenvalue weighted by atomic mass is 9.81. The molecule has 0 bridgehead atoms. The average Bonchev–Trinajstić information content (AvgIpc) is 3.92. The Hall–Kier alpha value is -7.63. The molecular weight excluding hydrogens is 721 g/mol. The average molecular weight is 757 g/mol. The van der Waals surface area contributed by atoms with Gasteiger partial charge in [-0.05, 0) is 58.1 Å². The molecule has 278 valence electrons. The minimum absolute atomic E-state index is 0.172. The summed E-state index contributed by atoms with van der Waals surface area (Å²) in [4.78, 5) is 15.0. The summed E-state index contributed by atoms with van der Waals surface area (Å²) in [5.74, 6) is 1.80. The highest BCUT2D eigenvalue weighted by Gasteiger charge is 2.38. The molecule has 0 unspecified atom stereocenters. The van der Waals surface area contributed by atoms with Crippen molar-refractivity contribution in [2.24, 2.45) is 0 Å². The standard InChI is InChI=1S/C54H36N4O/c1-54(2)45-27-13-12-22-38(45)39-29-30-40-44-32-35(28-31-46(44)58(48(40)47(39)54)36-20-10-5-11-21-36)37-23-14-24-41-42-25-15-26-43(50(42)59-49(37)41)53-56-51(33-16-6-3-7-17-33)55-52(57-53)34-18-8-4-9-19-34/h3-32H,1-2H3. The minimum Gasteiger partial charge on any atom is -0.455 e. The van der Waals surface area contributed by atoms with Crippen LogP contribution in [0.25, 0.3) is 106 Å². The molecular formula is C54H36N4O. The highest BCUT2D eigenvalue weighted by molar-refractivity contribution is 6.16. The number of fused-ring (bicyclic) bond motifs is 10. The second-order valence-electron chi connectivity index (χ2n) is 16.0. The minimum atomic E-state index is -0.172. The lowest BCUT2D eigenvalue weighted by molar-refractivity contribution is 0.664. The lowest BCUT2D eigenvalue weighted by Gasteiger charge is -2.23. The fourth-order valence-corrected chi connectivity index (χ4v) is 9.53. The van der Waals surface area contributed by atoms with Crippen molar-refractivity contribution in [1.29, 1.82) is 0 Å². The van der Waals surface area contributed by atoms with Crippen LogP contribution < -0.4 is 0 Å². The fourth-order valence-electron chi connectivity index (χ4n) is 9.53. The van der Waals surface area contributed by atoms with Gasteiger partial charge in [0.2, 0.25) is 0 Å². The Balaban J connectivity index is 1.07. The van der Waals surface area contributed by atoms with Gasteiger partial charge in [-0.2, -0.15) is 0 Å². The molecule has 1 aliphatic rings. The maximum absolute atomic E-state index is 7.01. The molecule has 8 aromatic carbocycles. The van der Waals surface area contributed by atoms with Gasteiger partial charge in [-0.3, -0.25) is 0 Å². The van der Waals surface area contributed by atoms with Crippen LogP contribution in [0.3, 0.4) is 0 Å². The van der Waals surface area contributed by atoms with E-state index in [9.17, 15) is 0 Å². The van der Waals surface area contributed by atoms with E-state index in [1.807, 2.05) is 66.7 Å².